The van der Waals surface area contributed by atoms with Crippen LogP contribution in [0, 0.1) is 16.7 Å². The van der Waals surface area contributed by atoms with E-state index < -0.39 is 0 Å². The molecule has 98 valence electrons. The molecule has 0 unspecified atom stereocenters. The van der Waals surface area contributed by atoms with Crippen LogP contribution in [0.1, 0.15) is 25.8 Å². The maximum Gasteiger partial charge on any atom is 0.119 e. The lowest BCUT2D eigenvalue weighted by atomic mass is 9.92. The molecule has 0 bridgehead atoms. The smallest absolute Gasteiger partial charge is 0.119 e. The molecule has 0 aliphatic carbocycles. The molecule has 0 aliphatic rings. The van der Waals surface area contributed by atoms with Gasteiger partial charge in [0.2, 0.25) is 0 Å². The van der Waals surface area contributed by atoms with Gasteiger partial charge in [-0.2, -0.15) is 5.26 Å². The van der Waals surface area contributed by atoms with Crippen molar-refractivity contribution in [2.24, 2.45) is 5.41 Å². The van der Waals surface area contributed by atoms with Crippen molar-refractivity contribution < 1.29 is 9.47 Å². The first-order valence-corrected chi connectivity index (χ1v) is 6.19. The second-order valence-electron chi connectivity index (χ2n) is 4.98. The quantitative estimate of drug-likeness (QED) is 0.743. The fraction of sp³-hybridized carbons (Fsp3) is 0.533. The van der Waals surface area contributed by atoms with Crippen molar-refractivity contribution in [2.75, 3.05) is 20.3 Å². The molecule has 1 aromatic rings. The number of benzene rings is 1. The first-order chi connectivity index (χ1) is 8.57. The summed E-state index contributed by atoms with van der Waals surface area (Å²) in [5, 5.41) is 8.89. The average Bonchev–Trinajstić information content (AvgIpc) is 2.38. The van der Waals surface area contributed by atoms with Crippen LogP contribution in [0.25, 0.3) is 0 Å². The highest BCUT2D eigenvalue weighted by Gasteiger charge is 2.16. The summed E-state index contributed by atoms with van der Waals surface area (Å²) in [5.74, 6) is 0.852. The Morgan fingerprint density at radius 3 is 2.39 bits per heavy atom. The Bertz CT molecular complexity index is 390. The Kier molecular flexibility index (Phi) is 5.67. The number of methoxy groups -OCH3 is 1. The van der Waals surface area contributed by atoms with Crippen LogP contribution >= 0.6 is 0 Å². The predicted molar refractivity (Wildman–Crippen MR) is 71.5 cm³/mol. The molecular weight excluding hydrogens is 226 g/mol. The lowest BCUT2D eigenvalue weighted by Gasteiger charge is -2.15. The Balaban J connectivity index is 2.38. The van der Waals surface area contributed by atoms with E-state index in [1.807, 2.05) is 38.1 Å². The minimum atomic E-state index is -0.321. The lowest BCUT2D eigenvalue weighted by Crippen LogP contribution is -2.13. The summed E-state index contributed by atoms with van der Waals surface area (Å²) in [5.41, 5.74) is 0.917. The number of rotatable bonds is 7. The van der Waals surface area contributed by atoms with Crippen LogP contribution in [-0.4, -0.2) is 20.3 Å². The number of nitrogens with zero attached hydrogens (tertiary/aromatic N) is 1. The number of hydrogen-bond acceptors (Lipinski definition) is 3. The van der Waals surface area contributed by atoms with Gasteiger partial charge < -0.3 is 9.47 Å². The van der Waals surface area contributed by atoms with Crippen LogP contribution in [0.3, 0.4) is 0 Å². The molecule has 0 N–H and O–H groups in total. The topological polar surface area (TPSA) is 42.2 Å². The molecule has 0 heterocycles. The molecule has 3 heteroatoms. The zero-order chi connectivity index (χ0) is 13.4. The van der Waals surface area contributed by atoms with E-state index in [-0.39, 0.29) is 5.41 Å². The minimum Gasteiger partial charge on any atom is -0.494 e. The average molecular weight is 247 g/mol. The lowest BCUT2D eigenvalue weighted by molar-refractivity contribution is 0.202. The first-order valence-electron chi connectivity index (χ1n) is 6.19. The van der Waals surface area contributed by atoms with Gasteiger partial charge in [0, 0.05) is 7.11 Å². The van der Waals surface area contributed by atoms with Crippen molar-refractivity contribution in [2.45, 2.75) is 26.7 Å². The highest BCUT2D eigenvalue weighted by atomic mass is 16.5. The van der Waals surface area contributed by atoms with Crippen LogP contribution in [-0.2, 0) is 11.2 Å². The van der Waals surface area contributed by atoms with Gasteiger partial charge in [0.25, 0.3) is 0 Å². The predicted octanol–water partition coefficient (Wildman–Crippen LogP) is 3.19. The molecule has 0 spiro atoms. The SMILES string of the molecule is COCCc1ccc(OCCC(C)(C)C#N)cc1. The zero-order valence-electron chi connectivity index (χ0n) is 11.4. The molecule has 0 saturated carbocycles. The van der Waals surface area contributed by atoms with E-state index in [2.05, 4.69) is 6.07 Å². The van der Waals surface area contributed by atoms with Gasteiger partial charge in [-0.3, -0.25) is 0 Å². The molecular formula is C15H21NO2. The monoisotopic (exact) mass is 247 g/mol. The minimum absolute atomic E-state index is 0.321. The van der Waals surface area contributed by atoms with Crippen molar-refractivity contribution in [1.82, 2.24) is 0 Å². The highest BCUT2D eigenvalue weighted by molar-refractivity contribution is 5.27. The molecule has 0 aliphatic heterocycles. The van der Waals surface area contributed by atoms with Crippen LogP contribution in [0.2, 0.25) is 0 Å². The van der Waals surface area contributed by atoms with Crippen LogP contribution in [0.15, 0.2) is 24.3 Å². The van der Waals surface area contributed by atoms with E-state index in [0.717, 1.165) is 25.2 Å². The number of nitriles is 1. The summed E-state index contributed by atoms with van der Waals surface area (Å²) >= 11 is 0. The van der Waals surface area contributed by atoms with E-state index in [0.29, 0.717) is 6.61 Å². The molecule has 3 nitrogen and oxygen atoms in total. The molecule has 0 fully saturated rings. The fourth-order valence-corrected chi connectivity index (χ4v) is 1.45. The van der Waals surface area contributed by atoms with E-state index in [4.69, 9.17) is 14.7 Å². The highest BCUT2D eigenvalue weighted by Crippen LogP contribution is 2.20. The van der Waals surface area contributed by atoms with Gasteiger partial charge in [-0.25, -0.2) is 0 Å². The molecule has 0 radical (unpaired) electrons. The van der Waals surface area contributed by atoms with Crippen LogP contribution < -0.4 is 4.74 Å². The van der Waals surface area contributed by atoms with Crippen LogP contribution in [0.4, 0.5) is 0 Å². The Labute approximate surface area is 109 Å². The molecule has 0 aromatic heterocycles. The molecule has 0 saturated heterocycles. The normalized spacial score (nSPS) is 11.0. The maximum absolute atomic E-state index is 8.89. The molecule has 1 aromatic carbocycles. The third-order valence-electron chi connectivity index (χ3n) is 2.82. The molecule has 18 heavy (non-hydrogen) atoms. The standard InChI is InChI=1S/C15H21NO2/c1-15(2,12-16)9-11-18-14-6-4-13(5-7-14)8-10-17-3/h4-7H,8-11H2,1-3H3. The van der Waals surface area contributed by atoms with Crippen LogP contribution in [0.5, 0.6) is 5.75 Å². The van der Waals surface area contributed by atoms with Crippen molar-refractivity contribution >= 4 is 0 Å². The number of ether oxygens (including phenoxy) is 2. The van der Waals surface area contributed by atoms with Gasteiger partial charge in [0.05, 0.1) is 24.7 Å². The Morgan fingerprint density at radius 2 is 1.83 bits per heavy atom. The molecule has 1 rings (SSSR count). The van der Waals surface area contributed by atoms with E-state index in [1.54, 1.807) is 7.11 Å². The van der Waals surface area contributed by atoms with E-state index in [9.17, 15) is 0 Å². The summed E-state index contributed by atoms with van der Waals surface area (Å²) in [6, 6.07) is 10.3. The second kappa shape index (κ2) is 7.03. The Hall–Kier alpha value is -1.53. The largest absolute Gasteiger partial charge is 0.494 e. The third-order valence-corrected chi connectivity index (χ3v) is 2.82. The van der Waals surface area contributed by atoms with Gasteiger partial charge in [-0.1, -0.05) is 12.1 Å². The summed E-state index contributed by atoms with van der Waals surface area (Å²) in [6.45, 7) is 5.14. The van der Waals surface area contributed by atoms with Gasteiger partial charge in [0.15, 0.2) is 0 Å². The Morgan fingerprint density at radius 1 is 1.17 bits per heavy atom. The van der Waals surface area contributed by atoms with E-state index in [1.165, 1.54) is 5.56 Å². The summed E-state index contributed by atoms with van der Waals surface area (Å²) in [7, 11) is 1.70. The van der Waals surface area contributed by atoms with Gasteiger partial charge in [-0.15, -0.1) is 0 Å². The first kappa shape index (κ1) is 14.5. The van der Waals surface area contributed by atoms with Crippen molar-refractivity contribution in [3.63, 3.8) is 0 Å². The van der Waals surface area contributed by atoms with E-state index >= 15 is 0 Å². The summed E-state index contributed by atoms with van der Waals surface area (Å²) < 4.78 is 10.6. The molecule has 0 atom stereocenters. The van der Waals surface area contributed by atoms with Gasteiger partial charge in [-0.05, 0) is 44.4 Å². The molecule has 0 amide bonds. The second-order valence-corrected chi connectivity index (χ2v) is 4.98. The number of hydrogen-bond donors (Lipinski definition) is 0. The van der Waals surface area contributed by atoms with Crippen molar-refractivity contribution in [1.29, 1.82) is 5.26 Å². The summed E-state index contributed by atoms with van der Waals surface area (Å²) in [4.78, 5) is 0. The summed E-state index contributed by atoms with van der Waals surface area (Å²) in [6.07, 6.45) is 1.65. The third kappa shape index (κ3) is 5.20. The van der Waals surface area contributed by atoms with Crippen molar-refractivity contribution in [3.8, 4) is 11.8 Å². The van der Waals surface area contributed by atoms with Gasteiger partial charge in [0.1, 0.15) is 5.75 Å². The maximum atomic E-state index is 8.89. The zero-order valence-corrected chi connectivity index (χ0v) is 11.4. The fourth-order valence-electron chi connectivity index (χ4n) is 1.45. The van der Waals surface area contributed by atoms with Crippen molar-refractivity contribution in [3.05, 3.63) is 29.8 Å². The van der Waals surface area contributed by atoms with Gasteiger partial charge >= 0.3 is 0 Å².